The smallest absolute Gasteiger partial charge is 0.322 e. The molecule has 1 fully saturated rings. The Morgan fingerprint density at radius 1 is 1.38 bits per heavy atom. The predicted octanol–water partition coefficient (Wildman–Crippen LogP) is 1.58. The van der Waals surface area contributed by atoms with Crippen molar-refractivity contribution in [2.45, 2.75) is 38.3 Å². The maximum Gasteiger partial charge on any atom is 0.322 e. The molecule has 0 bridgehead atoms. The highest BCUT2D eigenvalue weighted by Gasteiger charge is 2.30. The number of benzene rings is 1. The van der Waals surface area contributed by atoms with E-state index in [1.807, 2.05) is 25.1 Å². The first-order valence-electron chi connectivity index (χ1n) is 7.21. The van der Waals surface area contributed by atoms with Crippen molar-refractivity contribution in [3.63, 3.8) is 0 Å². The van der Waals surface area contributed by atoms with Crippen LogP contribution in [-0.2, 0) is 4.79 Å². The highest BCUT2D eigenvalue weighted by atomic mass is 16.2. The molecule has 1 heterocycles. The summed E-state index contributed by atoms with van der Waals surface area (Å²) in [7, 11) is 0. The number of amides is 3. The van der Waals surface area contributed by atoms with Crippen LogP contribution in [0.4, 0.5) is 10.5 Å². The minimum absolute atomic E-state index is 0.102. The first kappa shape index (κ1) is 15.3. The van der Waals surface area contributed by atoms with E-state index in [9.17, 15) is 9.59 Å². The molecule has 1 aliphatic heterocycles. The van der Waals surface area contributed by atoms with E-state index in [-0.39, 0.29) is 12.1 Å². The molecule has 2 rings (SSSR count). The summed E-state index contributed by atoms with van der Waals surface area (Å²) in [6, 6.07) is 6.48. The number of nitrogens with two attached hydrogens (primary N) is 2. The van der Waals surface area contributed by atoms with Gasteiger partial charge in [0.1, 0.15) is 6.04 Å². The molecule has 3 amide bonds. The molecule has 0 aliphatic carbocycles. The van der Waals surface area contributed by atoms with E-state index in [1.165, 1.54) is 4.90 Å². The van der Waals surface area contributed by atoms with Crippen molar-refractivity contribution in [1.29, 1.82) is 0 Å². The number of piperidine rings is 1. The Kier molecular flexibility index (Phi) is 4.80. The summed E-state index contributed by atoms with van der Waals surface area (Å²) in [5, 5.41) is 2.82. The lowest BCUT2D eigenvalue weighted by molar-refractivity contribution is -0.123. The van der Waals surface area contributed by atoms with Crippen LogP contribution < -0.4 is 16.8 Å². The summed E-state index contributed by atoms with van der Waals surface area (Å²) < 4.78 is 0. The number of hydrogen-bond acceptors (Lipinski definition) is 3. The second-order valence-corrected chi connectivity index (χ2v) is 5.45. The van der Waals surface area contributed by atoms with Gasteiger partial charge in [0.05, 0.1) is 0 Å². The lowest BCUT2D eigenvalue weighted by Gasteiger charge is -2.33. The van der Waals surface area contributed by atoms with Gasteiger partial charge in [-0.25, -0.2) is 4.79 Å². The monoisotopic (exact) mass is 290 g/mol. The number of urea groups is 1. The van der Waals surface area contributed by atoms with E-state index in [1.54, 1.807) is 6.07 Å². The second kappa shape index (κ2) is 6.58. The van der Waals surface area contributed by atoms with Crippen molar-refractivity contribution in [3.05, 3.63) is 29.8 Å². The zero-order valence-corrected chi connectivity index (χ0v) is 12.2. The van der Waals surface area contributed by atoms with Gasteiger partial charge < -0.3 is 21.7 Å². The first-order chi connectivity index (χ1) is 9.99. The van der Waals surface area contributed by atoms with Gasteiger partial charge in [-0.3, -0.25) is 4.79 Å². The molecular weight excluding hydrogens is 268 g/mol. The molecule has 0 radical (unpaired) electrons. The number of rotatable bonds is 3. The molecule has 0 aromatic heterocycles. The van der Waals surface area contributed by atoms with Gasteiger partial charge in [0.2, 0.25) is 5.91 Å². The molecule has 114 valence electrons. The molecule has 1 aromatic rings. The number of carbonyl (C=O) groups excluding carboxylic acids is 2. The molecular formula is C15H22N4O2. The highest BCUT2D eigenvalue weighted by Crippen LogP contribution is 2.20. The van der Waals surface area contributed by atoms with Crippen LogP contribution >= 0.6 is 0 Å². The Balaban J connectivity index is 2.09. The summed E-state index contributed by atoms with van der Waals surface area (Å²) in [6.07, 6.45) is 2.43. The zero-order chi connectivity index (χ0) is 15.4. The van der Waals surface area contributed by atoms with Crippen LogP contribution in [0, 0.1) is 0 Å². The summed E-state index contributed by atoms with van der Waals surface area (Å²) >= 11 is 0. The molecule has 6 nitrogen and oxygen atoms in total. The van der Waals surface area contributed by atoms with Gasteiger partial charge in [-0.05, 0) is 43.9 Å². The van der Waals surface area contributed by atoms with Crippen molar-refractivity contribution >= 4 is 17.6 Å². The summed E-state index contributed by atoms with van der Waals surface area (Å²) in [4.78, 5) is 25.3. The number of anilines is 1. The Hall–Kier alpha value is -2.08. The van der Waals surface area contributed by atoms with E-state index in [4.69, 9.17) is 11.5 Å². The standard InChI is InChI=1S/C15H22N4O2/c1-10(16)11-5-4-6-12(9-11)18-15(21)19-8-3-2-7-13(19)14(17)20/h4-6,9-10,13H,2-3,7-8,16H2,1H3,(H2,17,20)(H,18,21). The molecule has 1 aliphatic rings. The maximum absolute atomic E-state index is 12.3. The molecule has 5 N–H and O–H groups in total. The fourth-order valence-electron chi connectivity index (χ4n) is 2.57. The molecule has 21 heavy (non-hydrogen) atoms. The molecule has 1 aromatic carbocycles. The minimum Gasteiger partial charge on any atom is -0.368 e. The fraction of sp³-hybridized carbons (Fsp3) is 0.467. The van der Waals surface area contributed by atoms with Crippen molar-refractivity contribution in [1.82, 2.24) is 4.90 Å². The average Bonchev–Trinajstić information content (AvgIpc) is 2.47. The summed E-state index contributed by atoms with van der Waals surface area (Å²) in [5.41, 5.74) is 12.8. The number of primary amides is 1. The molecule has 2 atom stereocenters. The fourth-order valence-corrected chi connectivity index (χ4v) is 2.57. The third kappa shape index (κ3) is 3.72. The largest absolute Gasteiger partial charge is 0.368 e. The molecule has 0 spiro atoms. The number of nitrogens with zero attached hydrogens (tertiary/aromatic N) is 1. The van der Waals surface area contributed by atoms with Gasteiger partial charge in [-0.1, -0.05) is 12.1 Å². The van der Waals surface area contributed by atoms with E-state index in [0.29, 0.717) is 18.7 Å². The maximum atomic E-state index is 12.3. The van der Waals surface area contributed by atoms with E-state index in [0.717, 1.165) is 18.4 Å². The Bertz CT molecular complexity index is 530. The van der Waals surface area contributed by atoms with Crippen molar-refractivity contribution < 1.29 is 9.59 Å². The lowest BCUT2D eigenvalue weighted by atomic mass is 10.0. The third-order valence-electron chi connectivity index (χ3n) is 3.76. The zero-order valence-electron chi connectivity index (χ0n) is 12.2. The molecule has 1 saturated heterocycles. The topological polar surface area (TPSA) is 101 Å². The molecule has 6 heteroatoms. The quantitative estimate of drug-likeness (QED) is 0.787. The van der Waals surface area contributed by atoms with Crippen LogP contribution in [0.3, 0.4) is 0 Å². The number of hydrogen-bond donors (Lipinski definition) is 3. The van der Waals surface area contributed by atoms with E-state index in [2.05, 4.69) is 5.32 Å². The van der Waals surface area contributed by atoms with Crippen molar-refractivity contribution in [2.24, 2.45) is 11.5 Å². The Labute approximate surface area is 124 Å². The van der Waals surface area contributed by atoms with Gasteiger partial charge in [-0.15, -0.1) is 0 Å². The van der Waals surface area contributed by atoms with Crippen LogP contribution in [0.5, 0.6) is 0 Å². The number of carbonyl (C=O) groups is 2. The third-order valence-corrected chi connectivity index (χ3v) is 3.76. The number of nitrogens with one attached hydrogen (secondary N) is 1. The second-order valence-electron chi connectivity index (χ2n) is 5.45. The minimum atomic E-state index is -0.518. The normalized spacial score (nSPS) is 19.9. The molecule has 0 saturated carbocycles. The Morgan fingerprint density at radius 3 is 2.81 bits per heavy atom. The van der Waals surface area contributed by atoms with Gasteiger partial charge in [0.15, 0.2) is 0 Å². The Morgan fingerprint density at radius 2 is 2.14 bits per heavy atom. The highest BCUT2D eigenvalue weighted by molar-refractivity contribution is 5.93. The van der Waals surface area contributed by atoms with Crippen LogP contribution in [-0.4, -0.2) is 29.4 Å². The lowest BCUT2D eigenvalue weighted by Crippen LogP contribution is -2.51. The number of likely N-dealkylation sites (tertiary alicyclic amines) is 1. The van der Waals surface area contributed by atoms with Gasteiger partial charge in [0, 0.05) is 18.3 Å². The van der Waals surface area contributed by atoms with Crippen molar-refractivity contribution in [2.75, 3.05) is 11.9 Å². The SMILES string of the molecule is CC(N)c1cccc(NC(=O)N2CCCCC2C(N)=O)c1. The molecule has 2 unspecified atom stereocenters. The van der Waals surface area contributed by atoms with Crippen LogP contribution in [0.15, 0.2) is 24.3 Å². The average molecular weight is 290 g/mol. The van der Waals surface area contributed by atoms with E-state index < -0.39 is 11.9 Å². The first-order valence-corrected chi connectivity index (χ1v) is 7.21. The predicted molar refractivity (Wildman–Crippen MR) is 81.6 cm³/mol. The van der Waals surface area contributed by atoms with Crippen LogP contribution in [0.2, 0.25) is 0 Å². The van der Waals surface area contributed by atoms with Crippen LogP contribution in [0.1, 0.15) is 37.8 Å². The summed E-state index contributed by atoms with van der Waals surface area (Å²) in [6.45, 7) is 2.43. The van der Waals surface area contributed by atoms with Crippen LogP contribution in [0.25, 0.3) is 0 Å². The van der Waals surface area contributed by atoms with Gasteiger partial charge >= 0.3 is 6.03 Å². The van der Waals surface area contributed by atoms with Gasteiger partial charge in [0.25, 0.3) is 0 Å². The van der Waals surface area contributed by atoms with E-state index >= 15 is 0 Å². The van der Waals surface area contributed by atoms with Gasteiger partial charge in [-0.2, -0.15) is 0 Å². The van der Waals surface area contributed by atoms with Crippen molar-refractivity contribution in [3.8, 4) is 0 Å². The summed E-state index contributed by atoms with van der Waals surface area (Å²) in [5.74, 6) is -0.450.